The first-order valence-corrected chi connectivity index (χ1v) is 3.70. The van der Waals surface area contributed by atoms with E-state index in [1.54, 1.807) is 13.0 Å². The summed E-state index contributed by atoms with van der Waals surface area (Å²) >= 11 is 0. The average molecular weight is 182 g/mol. The number of nitrogens with zero attached hydrogens (tertiary/aromatic N) is 1. The number of aliphatic imine (C=N–C) groups is 1. The first-order valence-electron chi connectivity index (χ1n) is 3.70. The van der Waals surface area contributed by atoms with Crippen LogP contribution >= 0.6 is 0 Å². The monoisotopic (exact) mass is 182 g/mol. The summed E-state index contributed by atoms with van der Waals surface area (Å²) in [5, 5.41) is 0. The smallest absolute Gasteiger partial charge is 0.208 e. The van der Waals surface area contributed by atoms with Gasteiger partial charge in [0.25, 0.3) is 0 Å². The van der Waals surface area contributed by atoms with Crippen molar-refractivity contribution in [1.82, 2.24) is 5.43 Å². The number of hydrazine groups is 1. The Bertz CT molecular complexity index is 335. The second kappa shape index (κ2) is 3.86. The van der Waals surface area contributed by atoms with E-state index >= 15 is 0 Å². The zero-order chi connectivity index (χ0) is 9.84. The Balaban J connectivity index is 3.03. The minimum Gasteiger partial charge on any atom is -0.369 e. The summed E-state index contributed by atoms with van der Waals surface area (Å²) in [5.74, 6) is 4.53. The number of nitrogens with one attached hydrogen (secondary N) is 1. The Labute approximate surface area is 75.4 Å². The first-order chi connectivity index (χ1) is 6.13. The Morgan fingerprint density at radius 2 is 2.23 bits per heavy atom. The number of aryl methyl sites for hydroxylation is 1. The van der Waals surface area contributed by atoms with Gasteiger partial charge in [-0.3, -0.25) is 5.43 Å². The molecular weight excluding hydrogens is 171 g/mol. The summed E-state index contributed by atoms with van der Waals surface area (Å²) in [6, 6.07) is 4.66. The van der Waals surface area contributed by atoms with Crippen LogP contribution in [0, 0.1) is 12.7 Å². The first kappa shape index (κ1) is 9.47. The van der Waals surface area contributed by atoms with Crippen molar-refractivity contribution in [2.45, 2.75) is 6.92 Å². The van der Waals surface area contributed by atoms with Crippen LogP contribution in [0.2, 0.25) is 0 Å². The van der Waals surface area contributed by atoms with Gasteiger partial charge in [0, 0.05) is 0 Å². The molecule has 0 aromatic heterocycles. The van der Waals surface area contributed by atoms with E-state index in [1.165, 1.54) is 12.1 Å². The van der Waals surface area contributed by atoms with Crippen LogP contribution in [0.15, 0.2) is 23.2 Å². The highest BCUT2D eigenvalue weighted by Gasteiger charge is 2.00. The lowest BCUT2D eigenvalue weighted by molar-refractivity contribution is 0.628. The van der Waals surface area contributed by atoms with E-state index in [2.05, 4.69) is 10.4 Å². The molecule has 0 spiro atoms. The van der Waals surface area contributed by atoms with E-state index in [9.17, 15) is 4.39 Å². The van der Waals surface area contributed by atoms with Crippen molar-refractivity contribution in [2.75, 3.05) is 0 Å². The molecule has 0 aliphatic heterocycles. The van der Waals surface area contributed by atoms with Crippen molar-refractivity contribution in [2.24, 2.45) is 16.6 Å². The van der Waals surface area contributed by atoms with Gasteiger partial charge in [-0.2, -0.15) is 0 Å². The van der Waals surface area contributed by atoms with Crippen LogP contribution in [0.3, 0.4) is 0 Å². The molecule has 0 aliphatic carbocycles. The molecule has 70 valence electrons. The predicted molar refractivity (Wildman–Crippen MR) is 49.7 cm³/mol. The third kappa shape index (κ3) is 2.41. The number of halogens is 1. The molecule has 1 rings (SSSR count). The summed E-state index contributed by atoms with van der Waals surface area (Å²) in [5.41, 5.74) is 8.37. The molecule has 0 aliphatic rings. The number of guanidine groups is 1. The van der Waals surface area contributed by atoms with Gasteiger partial charge in [0.05, 0.1) is 0 Å². The molecule has 0 heterocycles. The Kier molecular flexibility index (Phi) is 2.81. The molecular formula is C8H11FN4. The van der Waals surface area contributed by atoms with Gasteiger partial charge in [-0.05, 0) is 24.6 Å². The number of hydrogen-bond acceptors (Lipinski definition) is 2. The fraction of sp³-hybridized carbons (Fsp3) is 0.125. The fourth-order valence-electron chi connectivity index (χ4n) is 0.865. The second-order valence-electron chi connectivity index (χ2n) is 2.60. The molecule has 0 radical (unpaired) electrons. The van der Waals surface area contributed by atoms with Gasteiger partial charge < -0.3 is 5.73 Å². The van der Waals surface area contributed by atoms with Gasteiger partial charge in [-0.25, -0.2) is 15.2 Å². The summed E-state index contributed by atoms with van der Waals surface area (Å²) in [7, 11) is 0. The van der Waals surface area contributed by atoms with Gasteiger partial charge in [-0.1, -0.05) is 6.07 Å². The Morgan fingerprint density at radius 3 is 2.77 bits per heavy atom. The molecule has 0 atom stereocenters. The van der Waals surface area contributed by atoms with Gasteiger partial charge in [-0.15, -0.1) is 0 Å². The SMILES string of the molecule is Cc1ccc(N=C(N)NN)c(F)c1. The van der Waals surface area contributed by atoms with Crippen molar-refractivity contribution < 1.29 is 4.39 Å². The van der Waals surface area contributed by atoms with E-state index in [0.717, 1.165) is 5.56 Å². The van der Waals surface area contributed by atoms with Crippen LogP contribution < -0.4 is 17.0 Å². The van der Waals surface area contributed by atoms with E-state index in [-0.39, 0.29) is 11.6 Å². The number of nitrogens with two attached hydrogens (primary N) is 2. The van der Waals surface area contributed by atoms with Crippen LogP contribution in [-0.4, -0.2) is 5.96 Å². The van der Waals surface area contributed by atoms with Crippen molar-refractivity contribution in [1.29, 1.82) is 0 Å². The molecule has 0 saturated heterocycles. The second-order valence-corrected chi connectivity index (χ2v) is 2.60. The standard InChI is InChI=1S/C8H11FN4/c1-5-2-3-7(6(9)4-5)12-8(10)13-11/h2-4H,11H2,1H3,(H3,10,12,13). The fourth-order valence-corrected chi connectivity index (χ4v) is 0.865. The number of hydrogen-bond donors (Lipinski definition) is 3. The molecule has 4 nitrogen and oxygen atoms in total. The number of rotatable bonds is 1. The molecule has 13 heavy (non-hydrogen) atoms. The van der Waals surface area contributed by atoms with E-state index < -0.39 is 5.82 Å². The van der Waals surface area contributed by atoms with Crippen LogP contribution in [0.1, 0.15) is 5.56 Å². The zero-order valence-electron chi connectivity index (χ0n) is 7.21. The normalized spacial score (nSPS) is 11.5. The maximum Gasteiger partial charge on any atom is 0.208 e. The van der Waals surface area contributed by atoms with Gasteiger partial charge >= 0.3 is 0 Å². The minimum atomic E-state index is -0.418. The highest BCUT2D eigenvalue weighted by molar-refractivity contribution is 5.80. The zero-order valence-corrected chi connectivity index (χ0v) is 7.21. The van der Waals surface area contributed by atoms with Crippen LogP contribution in [-0.2, 0) is 0 Å². The lowest BCUT2D eigenvalue weighted by atomic mass is 10.2. The van der Waals surface area contributed by atoms with Crippen molar-refractivity contribution in [3.63, 3.8) is 0 Å². The van der Waals surface area contributed by atoms with Crippen molar-refractivity contribution >= 4 is 11.6 Å². The molecule has 1 aromatic rings. The average Bonchev–Trinajstić information content (AvgIpc) is 2.09. The Morgan fingerprint density at radius 1 is 1.54 bits per heavy atom. The third-order valence-electron chi connectivity index (χ3n) is 1.49. The van der Waals surface area contributed by atoms with Gasteiger partial charge in [0.15, 0.2) is 0 Å². The minimum absolute atomic E-state index is 0.0252. The molecule has 0 unspecified atom stereocenters. The lowest BCUT2D eigenvalue weighted by Crippen LogP contribution is -2.36. The topological polar surface area (TPSA) is 76.4 Å². The highest BCUT2D eigenvalue weighted by Crippen LogP contribution is 2.17. The third-order valence-corrected chi connectivity index (χ3v) is 1.49. The highest BCUT2D eigenvalue weighted by atomic mass is 19.1. The molecule has 0 fully saturated rings. The van der Waals surface area contributed by atoms with Crippen molar-refractivity contribution in [3.8, 4) is 0 Å². The van der Waals surface area contributed by atoms with Crippen LogP contribution in [0.4, 0.5) is 10.1 Å². The molecule has 0 saturated carbocycles. The van der Waals surface area contributed by atoms with E-state index in [1.807, 2.05) is 0 Å². The van der Waals surface area contributed by atoms with Crippen molar-refractivity contribution in [3.05, 3.63) is 29.6 Å². The summed E-state index contributed by atoms with van der Waals surface area (Å²) < 4.78 is 13.1. The van der Waals surface area contributed by atoms with Gasteiger partial charge in [0.2, 0.25) is 5.96 Å². The van der Waals surface area contributed by atoms with Crippen LogP contribution in [0.25, 0.3) is 0 Å². The molecule has 0 amide bonds. The van der Waals surface area contributed by atoms with Crippen LogP contribution in [0.5, 0.6) is 0 Å². The molecule has 1 aromatic carbocycles. The quantitative estimate of drug-likeness (QED) is 0.257. The lowest BCUT2D eigenvalue weighted by Gasteiger charge is -2.00. The predicted octanol–water partition coefficient (Wildman–Crippen LogP) is 0.544. The largest absolute Gasteiger partial charge is 0.369 e. The Hall–Kier alpha value is -1.62. The number of benzene rings is 1. The molecule has 0 bridgehead atoms. The molecule has 5 N–H and O–H groups in total. The van der Waals surface area contributed by atoms with E-state index in [0.29, 0.717) is 0 Å². The van der Waals surface area contributed by atoms with E-state index in [4.69, 9.17) is 11.6 Å². The summed E-state index contributed by atoms with van der Waals surface area (Å²) in [6.07, 6.45) is 0. The summed E-state index contributed by atoms with van der Waals surface area (Å²) in [6.45, 7) is 1.79. The summed E-state index contributed by atoms with van der Waals surface area (Å²) in [4.78, 5) is 3.70. The van der Waals surface area contributed by atoms with Gasteiger partial charge in [0.1, 0.15) is 11.5 Å². The molecule has 5 heteroatoms. The maximum atomic E-state index is 13.1. The maximum absolute atomic E-state index is 13.1.